The van der Waals surface area contributed by atoms with Crippen LogP contribution in [-0.4, -0.2) is 33.8 Å². The molecule has 4 rings (SSSR count). The smallest absolute Gasteiger partial charge is 0.295 e. The second-order valence-corrected chi connectivity index (χ2v) is 9.38. The lowest BCUT2D eigenvalue weighted by molar-refractivity contribution is -0.140. The summed E-state index contributed by atoms with van der Waals surface area (Å²) in [6, 6.07) is 17.7. The molecule has 1 saturated heterocycles. The molecule has 1 amide bonds. The van der Waals surface area contributed by atoms with E-state index >= 15 is 0 Å². The molecule has 1 fully saturated rings. The summed E-state index contributed by atoms with van der Waals surface area (Å²) in [4.78, 5) is 31.9. The van der Waals surface area contributed by atoms with Crippen molar-refractivity contribution in [3.8, 4) is 5.75 Å². The summed E-state index contributed by atoms with van der Waals surface area (Å²) in [6.07, 6.45) is 3.07. The number of amides is 1. The highest BCUT2D eigenvalue weighted by Crippen LogP contribution is 2.40. The van der Waals surface area contributed by atoms with Crippen LogP contribution in [0.2, 0.25) is 0 Å². The summed E-state index contributed by atoms with van der Waals surface area (Å²) < 4.78 is 5.22. The van der Waals surface area contributed by atoms with Crippen LogP contribution in [0, 0.1) is 0 Å². The minimum absolute atomic E-state index is 0.0412. The fraction of sp³-hybridized carbons (Fsp3) is 0.250. The number of carbonyl (C=O) groups is 2. The van der Waals surface area contributed by atoms with Crippen molar-refractivity contribution in [2.75, 3.05) is 7.11 Å². The molecule has 1 N–H and O–H groups in total. The number of nitrogens with zero attached hydrogens (tertiary/aromatic N) is 2. The van der Waals surface area contributed by atoms with Crippen molar-refractivity contribution in [1.82, 2.24) is 9.88 Å². The van der Waals surface area contributed by atoms with Gasteiger partial charge in [-0.25, -0.2) is 0 Å². The third kappa shape index (κ3) is 4.44. The van der Waals surface area contributed by atoms with Gasteiger partial charge < -0.3 is 14.7 Å². The summed E-state index contributed by atoms with van der Waals surface area (Å²) in [6.45, 7) is 6.59. The summed E-state index contributed by atoms with van der Waals surface area (Å²) in [5.74, 6) is -0.843. The van der Waals surface area contributed by atoms with Crippen molar-refractivity contribution in [2.24, 2.45) is 0 Å². The first-order chi connectivity index (χ1) is 16.2. The number of rotatable bonds is 5. The number of carbonyl (C=O) groups excluding carboxylic acids is 2. The Morgan fingerprint density at radius 1 is 0.971 bits per heavy atom. The van der Waals surface area contributed by atoms with Gasteiger partial charge in [-0.15, -0.1) is 0 Å². The summed E-state index contributed by atoms with van der Waals surface area (Å²) >= 11 is 0. The van der Waals surface area contributed by atoms with E-state index in [1.807, 2.05) is 48.5 Å². The fourth-order valence-corrected chi connectivity index (χ4v) is 4.15. The number of hydrogen-bond acceptors (Lipinski definition) is 5. The maximum absolute atomic E-state index is 13.2. The first-order valence-electron chi connectivity index (χ1n) is 11.1. The quantitative estimate of drug-likeness (QED) is 0.332. The Kier molecular flexibility index (Phi) is 6.24. The molecule has 0 spiro atoms. The van der Waals surface area contributed by atoms with E-state index in [9.17, 15) is 14.7 Å². The molecule has 1 atom stereocenters. The van der Waals surface area contributed by atoms with Crippen LogP contribution in [0.15, 0.2) is 78.6 Å². The number of aliphatic hydroxyl groups excluding tert-OH is 1. The largest absolute Gasteiger partial charge is 0.507 e. The van der Waals surface area contributed by atoms with Gasteiger partial charge in [0.1, 0.15) is 11.5 Å². The van der Waals surface area contributed by atoms with E-state index in [2.05, 4.69) is 25.8 Å². The number of hydrogen-bond donors (Lipinski definition) is 1. The average molecular weight is 457 g/mol. The molecular formula is C28H28N2O4. The van der Waals surface area contributed by atoms with Crippen LogP contribution in [-0.2, 0) is 21.5 Å². The van der Waals surface area contributed by atoms with Crippen LogP contribution in [0.3, 0.4) is 0 Å². The van der Waals surface area contributed by atoms with Crippen molar-refractivity contribution >= 4 is 17.4 Å². The number of aliphatic hydroxyl groups is 1. The molecule has 1 aliphatic heterocycles. The van der Waals surface area contributed by atoms with E-state index in [-0.39, 0.29) is 23.3 Å². The van der Waals surface area contributed by atoms with E-state index < -0.39 is 17.7 Å². The molecule has 0 saturated carbocycles. The van der Waals surface area contributed by atoms with Crippen molar-refractivity contribution < 1.29 is 19.4 Å². The Labute approximate surface area is 199 Å². The van der Waals surface area contributed by atoms with E-state index in [4.69, 9.17) is 4.74 Å². The van der Waals surface area contributed by atoms with Gasteiger partial charge in [-0.3, -0.25) is 14.6 Å². The Morgan fingerprint density at radius 3 is 2.15 bits per heavy atom. The third-order valence-corrected chi connectivity index (χ3v) is 6.10. The van der Waals surface area contributed by atoms with Crippen LogP contribution >= 0.6 is 0 Å². The van der Waals surface area contributed by atoms with Gasteiger partial charge in [0.25, 0.3) is 11.7 Å². The molecular weight excluding hydrogens is 428 g/mol. The monoisotopic (exact) mass is 456 g/mol. The number of benzene rings is 2. The zero-order valence-electron chi connectivity index (χ0n) is 19.8. The summed E-state index contributed by atoms with van der Waals surface area (Å²) in [5, 5.41) is 11.1. The highest BCUT2D eigenvalue weighted by Gasteiger charge is 2.46. The zero-order valence-corrected chi connectivity index (χ0v) is 19.8. The van der Waals surface area contributed by atoms with Crippen molar-refractivity contribution in [1.29, 1.82) is 0 Å². The number of aromatic nitrogens is 1. The zero-order chi connectivity index (χ0) is 24.5. The topological polar surface area (TPSA) is 79.7 Å². The van der Waals surface area contributed by atoms with E-state index in [0.717, 1.165) is 16.7 Å². The number of methoxy groups -OCH3 is 1. The second-order valence-electron chi connectivity index (χ2n) is 9.38. The molecule has 0 radical (unpaired) electrons. The number of pyridine rings is 1. The van der Waals surface area contributed by atoms with Crippen molar-refractivity contribution in [3.05, 3.63) is 101 Å². The predicted octanol–water partition coefficient (Wildman–Crippen LogP) is 5.01. The predicted molar refractivity (Wildman–Crippen MR) is 130 cm³/mol. The van der Waals surface area contributed by atoms with Gasteiger partial charge in [-0.05, 0) is 46.4 Å². The minimum atomic E-state index is -0.718. The SMILES string of the molecule is COc1ccc(CN2C(=O)C(=O)/C(=C(\O)c3ccncc3)C2c2ccc(C(C)(C)C)cc2)cc1. The molecule has 3 aromatic rings. The van der Waals surface area contributed by atoms with Gasteiger partial charge in [-0.1, -0.05) is 57.2 Å². The molecule has 1 aromatic heterocycles. The molecule has 1 unspecified atom stereocenters. The maximum atomic E-state index is 13.2. The summed E-state index contributed by atoms with van der Waals surface area (Å²) in [7, 11) is 1.59. The first kappa shape index (κ1) is 23.2. The van der Waals surface area contributed by atoms with Gasteiger partial charge >= 0.3 is 0 Å². The Balaban J connectivity index is 1.82. The average Bonchev–Trinajstić information content (AvgIpc) is 3.09. The molecule has 174 valence electrons. The number of Topliss-reactive ketones (excluding diaryl/α,β-unsaturated/α-hetero) is 1. The molecule has 6 nitrogen and oxygen atoms in total. The van der Waals surface area contributed by atoms with Crippen molar-refractivity contribution in [3.63, 3.8) is 0 Å². The third-order valence-electron chi connectivity index (χ3n) is 6.10. The van der Waals surface area contributed by atoms with Gasteiger partial charge in [0.15, 0.2) is 0 Å². The molecule has 34 heavy (non-hydrogen) atoms. The van der Waals surface area contributed by atoms with Gasteiger partial charge in [-0.2, -0.15) is 0 Å². The number of ether oxygens (including phenoxy) is 1. The molecule has 0 aliphatic carbocycles. The van der Waals surface area contributed by atoms with E-state index in [1.165, 1.54) is 17.3 Å². The van der Waals surface area contributed by atoms with Crippen LogP contribution in [0.25, 0.3) is 5.76 Å². The Bertz CT molecular complexity index is 1220. The Morgan fingerprint density at radius 2 is 1.59 bits per heavy atom. The van der Waals surface area contributed by atoms with Crippen LogP contribution in [0.5, 0.6) is 5.75 Å². The fourth-order valence-electron chi connectivity index (χ4n) is 4.15. The van der Waals surface area contributed by atoms with Crippen LogP contribution in [0.1, 0.15) is 49.1 Å². The molecule has 2 heterocycles. The maximum Gasteiger partial charge on any atom is 0.295 e. The van der Waals surface area contributed by atoms with Crippen LogP contribution in [0.4, 0.5) is 0 Å². The molecule has 1 aliphatic rings. The molecule has 2 aromatic carbocycles. The Hall–Kier alpha value is -3.93. The van der Waals surface area contributed by atoms with Gasteiger partial charge in [0.05, 0.1) is 18.7 Å². The lowest BCUT2D eigenvalue weighted by Gasteiger charge is -2.26. The normalized spacial score (nSPS) is 17.8. The standard InChI is InChI=1S/C28H28N2O4/c1-28(2,3)21-9-7-19(8-10-21)24-23(25(31)20-13-15-29-16-14-20)26(32)27(33)30(24)17-18-5-11-22(34-4)12-6-18/h5-16,24,31H,17H2,1-4H3/b25-23-. The van der Waals surface area contributed by atoms with Gasteiger partial charge in [0.2, 0.25) is 0 Å². The lowest BCUT2D eigenvalue weighted by atomic mass is 9.85. The van der Waals surface area contributed by atoms with Crippen LogP contribution < -0.4 is 4.74 Å². The molecule has 6 heteroatoms. The van der Waals surface area contributed by atoms with E-state index in [1.54, 1.807) is 19.2 Å². The van der Waals surface area contributed by atoms with E-state index in [0.29, 0.717) is 11.3 Å². The second kappa shape index (κ2) is 9.14. The highest BCUT2D eigenvalue weighted by molar-refractivity contribution is 6.46. The molecule has 0 bridgehead atoms. The number of ketones is 1. The first-order valence-corrected chi connectivity index (χ1v) is 11.1. The van der Waals surface area contributed by atoms with Crippen molar-refractivity contribution in [2.45, 2.75) is 38.8 Å². The minimum Gasteiger partial charge on any atom is -0.507 e. The highest BCUT2D eigenvalue weighted by atomic mass is 16.5. The summed E-state index contributed by atoms with van der Waals surface area (Å²) in [5.41, 5.74) is 3.22. The lowest BCUT2D eigenvalue weighted by Crippen LogP contribution is -2.29. The van der Waals surface area contributed by atoms with Gasteiger partial charge in [0, 0.05) is 24.5 Å². The number of likely N-dealkylation sites (tertiary alicyclic amines) is 1.